The fourth-order valence-corrected chi connectivity index (χ4v) is 1.63. The minimum atomic E-state index is 0.755. The van der Waals surface area contributed by atoms with Crippen molar-refractivity contribution >= 4 is 12.9 Å². The Labute approximate surface area is 73.7 Å². The highest BCUT2D eigenvalue weighted by Gasteiger charge is 2.19. The monoisotopic (exact) mass is 159 g/mol. The summed E-state index contributed by atoms with van der Waals surface area (Å²) in [6.45, 7) is 0. The molecular formula is C10H12BO. The molecule has 1 saturated carbocycles. The minimum Gasteiger partial charge on any atom is -0.450 e. The fourth-order valence-electron chi connectivity index (χ4n) is 1.63. The van der Waals surface area contributed by atoms with Crippen LogP contribution in [-0.4, -0.2) is 12.5 Å². The summed E-state index contributed by atoms with van der Waals surface area (Å²) < 4.78 is 0. The summed E-state index contributed by atoms with van der Waals surface area (Å²) in [4.78, 5) is 0. The van der Waals surface area contributed by atoms with Crippen LogP contribution in [0.4, 0.5) is 0 Å². The van der Waals surface area contributed by atoms with Crippen molar-refractivity contribution in [3.05, 3.63) is 29.8 Å². The molecule has 0 spiro atoms. The second-order valence-corrected chi connectivity index (χ2v) is 3.43. The SMILES string of the molecule is O[B]c1cccc(C2CCC2)c1. The van der Waals surface area contributed by atoms with Crippen LogP contribution in [0.15, 0.2) is 24.3 Å². The van der Waals surface area contributed by atoms with Crippen molar-refractivity contribution in [1.82, 2.24) is 0 Å². The highest BCUT2D eigenvalue weighted by atomic mass is 16.2. The van der Waals surface area contributed by atoms with Gasteiger partial charge in [-0.05, 0) is 24.3 Å². The van der Waals surface area contributed by atoms with E-state index in [1.165, 1.54) is 32.3 Å². The first-order valence-corrected chi connectivity index (χ1v) is 4.47. The van der Waals surface area contributed by atoms with E-state index in [1.807, 2.05) is 12.1 Å². The van der Waals surface area contributed by atoms with E-state index in [1.54, 1.807) is 0 Å². The van der Waals surface area contributed by atoms with Crippen LogP contribution >= 0.6 is 0 Å². The zero-order chi connectivity index (χ0) is 8.39. The van der Waals surface area contributed by atoms with Gasteiger partial charge < -0.3 is 5.02 Å². The molecule has 2 heteroatoms. The van der Waals surface area contributed by atoms with Gasteiger partial charge in [-0.25, -0.2) is 0 Å². The lowest BCUT2D eigenvalue weighted by Gasteiger charge is -2.25. The standard InChI is InChI=1S/C10H12BO/c12-11-10-6-2-5-9(7-10)8-3-1-4-8/h2,5-8,12H,1,3-4H2. The van der Waals surface area contributed by atoms with Gasteiger partial charge in [-0.2, -0.15) is 0 Å². The first kappa shape index (κ1) is 7.87. The summed E-state index contributed by atoms with van der Waals surface area (Å²) >= 11 is 0. The minimum absolute atomic E-state index is 0.755. The van der Waals surface area contributed by atoms with Crippen LogP contribution in [0.5, 0.6) is 0 Å². The Morgan fingerprint density at radius 3 is 2.75 bits per heavy atom. The van der Waals surface area contributed by atoms with E-state index in [2.05, 4.69) is 12.1 Å². The van der Waals surface area contributed by atoms with E-state index in [9.17, 15) is 0 Å². The van der Waals surface area contributed by atoms with Crippen molar-refractivity contribution in [2.75, 3.05) is 0 Å². The molecule has 1 radical (unpaired) electrons. The van der Waals surface area contributed by atoms with Gasteiger partial charge in [-0.3, -0.25) is 0 Å². The Morgan fingerprint density at radius 1 is 1.33 bits per heavy atom. The van der Waals surface area contributed by atoms with Gasteiger partial charge in [-0.1, -0.05) is 36.1 Å². The van der Waals surface area contributed by atoms with Gasteiger partial charge >= 0.3 is 7.48 Å². The van der Waals surface area contributed by atoms with E-state index < -0.39 is 0 Å². The molecule has 0 aliphatic heterocycles. The molecule has 0 heterocycles. The van der Waals surface area contributed by atoms with E-state index in [0.29, 0.717) is 0 Å². The molecule has 0 amide bonds. The maximum atomic E-state index is 8.81. The average molecular weight is 159 g/mol. The van der Waals surface area contributed by atoms with Gasteiger partial charge in [0.05, 0.1) is 0 Å². The molecular weight excluding hydrogens is 147 g/mol. The lowest BCUT2D eigenvalue weighted by atomic mass is 9.77. The molecule has 0 saturated heterocycles. The van der Waals surface area contributed by atoms with Gasteiger partial charge in [-0.15, -0.1) is 0 Å². The van der Waals surface area contributed by atoms with E-state index in [0.717, 1.165) is 11.4 Å². The largest absolute Gasteiger partial charge is 0.450 e. The molecule has 2 rings (SSSR count). The van der Waals surface area contributed by atoms with Crippen LogP contribution in [0.3, 0.4) is 0 Å². The Kier molecular flexibility index (Phi) is 2.18. The van der Waals surface area contributed by atoms with E-state index in [-0.39, 0.29) is 0 Å². The number of hydrogen-bond donors (Lipinski definition) is 1. The molecule has 1 aliphatic carbocycles. The fraction of sp³-hybridized carbons (Fsp3) is 0.400. The van der Waals surface area contributed by atoms with Gasteiger partial charge in [0.25, 0.3) is 0 Å². The molecule has 61 valence electrons. The molecule has 0 aromatic heterocycles. The third-order valence-electron chi connectivity index (χ3n) is 2.64. The lowest BCUT2D eigenvalue weighted by Crippen LogP contribution is -2.16. The first-order chi connectivity index (χ1) is 5.90. The number of benzene rings is 1. The van der Waals surface area contributed by atoms with Crippen molar-refractivity contribution in [2.24, 2.45) is 0 Å². The zero-order valence-corrected chi connectivity index (χ0v) is 7.03. The first-order valence-electron chi connectivity index (χ1n) is 4.47. The molecule has 0 atom stereocenters. The van der Waals surface area contributed by atoms with Gasteiger partial charge in [0.2, 0.25) is 0 Å². The highest BCUT2D eigenvalue weighted by Crippen LogP contribution is 2.35. The van der Waals surface area contributed by atoms with Gasteiger partial charge in [0.15, 0.2) is 0 Å². The lowest BCUT2D eigenvalue weighted by molar-refractivity contribution is 0.420. The van der Waals surface area contributed by atoms with Crippen LogP contribution in [0.25, 0.3) is 0 Å². The van der Waals surface area contributed by atoms with Crippen molar-refractivity contribution in [2.45, 2.75) is 25.2 Å². The molecule has 1 N–H and O–H groups in total. The van der Waals surface area contributed by atoms with E-state index in [4.69, 9.17) is 5.02 Å². The maximum absolute atomic E-state index is 8.81. The Bertz CT molecular complexity index is 268. The van der Waals surface area contributed by atoms with Crippen molar-refractivity contribution < 1.29 is 5.02 Å². The third kappa shape index (κ3) is 1.39. The molecule has 1 aromatic rings. The molecule has 12 heavy (non-hydrogen) atoms. The van der Waals surface area contributed by atoms with E-state index >= 15 is 0 Å². The summed E-state index contributed by atoms with van der Waals surface area (Å²) in [6, 6.07) is 8.15. The smallest absolute Gasteiger partial charge is 0.326 e. The third-order valence-corrected chi connectivity index (χ3v) is 2.64. The Balaban J connectivity index is 2.19. The topological polar surface area (TPSA) is 20.2 Å². The predicted molar refractivity (Wildman–Crippen MR) is 50.6 cm³/mol. The van der Waals surface area contributed by atoms with Crippen LogP contribution in [0.1, 0.15) is 30.7 Å². The van der Waals surface area contributed by atoms with Gasteiger partial charge in [0.1, 0.15) is 0 Å². The van der Waals surface area contributed by atoms with Crippen LogP contribution < -0.4 is 5.46 Å². The van der Waals surface area contributed by atoms with Crippen LogP contribution in [0.2, 0.25) is 0 Å². The number of rotatable bonds is 2. The molecule has 1 aliphatic rings. The second kappa shape index (κ2) is 3.32. The molecule has 1 fully saturated rings. The molecule has 0 unspecified atom stereocenters. The molecule has 1 aromatic carbocycles. The summed E-state index contributed by atoms with van der Waals surface area (Å²) in [5, 5.41) is 8.81. The van der Waals surface area contributed by atoms with Crippen molar-refractivity contribution in [1.29, 1.82) is 0 Å². The second-order valence-electron chi connectivity index (χ2n) is 3.43. The summed E-state index contributed by atoms with van der Waals surface area (Å²) in [5.74, 6) is 0.755. The predicted octanol–water partition coefficient (Wildman–Crippen LogP) is 1.19. The van der Waals surface area contributed by atoms with Crippen molar-refractivity contribution in [3.63, 3.8) is 0 Å². The summed E-state index contributed by atoms with van der Waals surface area (Å²) in [5.41, 5.74) is 2.29. The highest BCUT2D eigenvalue weighted by molar-refractivity contribution is 6.45. The van der Waals surface area contributed by atoms with Crippen molar-refractivity contribution in [3.8, 4) is 0 Å². The summed E-state index contributed by atoms with van der Waals surface area (Å²) in [6.07, 6.45) is 3.99. The maximum Gasteiger partial charge on any atom is 0.326 e. The molecule has 1 nitrogen and oxygen atoms in total. The molecule has 0 bridgehead atoms. The van der Waals surface area contributed by atoms with Gasteiger partial charge in [0, 0.05) is 0 Å². The quantitative estimate of drug-likeness (QED) is 0.642. The zero-order valence-electron chi connectivity index (χ0n) is 7.03. The van der Waals surface area contributed by atoms with Crippen LogP contribution in [-0.2, 0) is 0 Å². The normalized spacial score (nSPS) is 17.1. The summed E-state index contributed by atoms with van der Waals surface area (Å²) in [7, 11) is 1.17. The average Bonchev–Trinajstić information content (AvgIpc) is 2.02. The number of hydrogen-bond acceptors (Lipinski definition) is 1. The van der Waals surface area contributed by atoms with Crippen LogP contribution in [0, 0.1) is 0 Å². The Morgan fingerprint density at radius 2 is 2.17 bits per heavy atom. The Hall–Kier alpha value is -0.755.